The van der Waals surface area contributed by atoms with Gasteiger partial charge in [-0.25, -0.2) is 0 Å². The highest BCUT2D eigenvalue weighted by molar-refractivity contribution is 4.88. The van der Waals surface area contributed by atoms with E-state index in [1.54, 1.807) is 12.4 Å². The van der Waals surface area contributed by atoms with Crippen molar-refractivity contribution in [3.63, 3.8) is 0 Å². The van der Waals surface area contributed by atoms with Crippen LogP contribution in [0, 0.1) is 5.41 Å². The van der Waals surface area contributed by atoms with Crippen molar-refractivity contribution in [1.82, 2.24) is 9.55 Å². The van der Waals surface area contributed by atoms with Crippen molar-refractivity contribution in [3.8, 4) is 0 Å². The normalized spacial score (nSPS) is 15.3. The molecule has 2 N–H and O–H groups in total. The average Bonchev–Trinajstić information content (AvgIpc) is 2.17. The van der Waals surface area contributed by atoms with Crippen LogP contribution in [0.2, 0.25) is 0 Å². The lowest BCUT2D eigenvalue weighted by molar-refractivity contribution is 0.228. The number of aromatic nitrogens is 2. The predicted octanol–water partition coefficient (Wildman–Crippen LogP) is 1.65. The van der Waals surface area contributed by atoms with Crippen LogP contribution in [0.4, 0.5) is 0 Å². The molecule has 1 unspecified atom stereocenters. The van der Waals surface area contributed by atoms with Gasteiger partial charge in [0, 0.05) is 18.4 Å². The lowest BCUT2D eigenvalue weighted by atomic mass is 9.85. The summed E-state index contributed by atoms with van der Waals surface area (Å²) < 4.78 is 2.09. The second kappa shape index (κ2) is 4.47. The fraction of sp³-hybridized carbons (Fsp3) is 0.636. The molecule has 0 aliphatic rings. The minimum atomic E-state index is 0.181. The van der Waals surface area contributed by atoms with Crippen LogP contribution in [-0.4, -0.2) is 9.55 Å². The van der Waals surface area contributed by atoms with Crippen molar-refractivity contribution in [2.24, 2.45) is 16.4 Å². The molecular formula is C11H20N4. The molecule has 4 heteroatoms. The highest BCUT2D eigenvalue weighted by Gasteiger charge is 2.24. The fourth-order valence-electron chi connectivity index (χ4n) is 1.95. The molecule has 1 rings (SSSR count). The molecule has 0 spiro atoms. The van der Waals surface area contributed by atoms with Gasteiger partial charge in [0.2, 0.25) is 0 Å². The maximum Gasteiger partial charge on any atom is 0.170 e. The molecule has 0 saturated heterocycles. The van der Waals surface area contributed by atoms with E-state index >= 15 is 0 Å². The Morgan fingerprint density at radius 2 is 2.20 bits per heavy atom. The number of hydrogen-bond acceptors (Lipinski definition) is 3. The van der Waals surface area contributed by atoms with Crippen molar-refractivity contribution in [3.05, 3.63) is 24.1 Å². The Kier molecular flexibility index (Phi) is 3.50. The van der Waals surface area contributed by atoms with Crippen LogP contribution >= 0.6 is 0 Å². The molecule has 0 fully saturated rings. The van der Waals surface area contributed by atoms with Crippen LogP contribution in [-0.2, 0) is 0 Å². The monoisotopic (exact) mass is 208 g/mol. The smallest absolute Gasteiger partial charge is 0.170 e. The maximum atomic E-state index is 5.35. The molecule has 1 atom stereocenters. The van der Waals surface area contributed by atoms with Gasteiger partial charge < -0.3 is 10.4 Å². The van der Waals surface area contributed by atoms with Crippen LogP contribution in [0.1, 0.15) is 40.2 Å². The standard InChI is InChI=1S/C11H20N4/c1-5-9(11(2,3)4)15-7-6-13-8-10(15)14-12/h6-9H,5,12H2,1-4H3/b14-10-. The molecule has 0 aliphatic heterocycles. The third kappa shape index (κ3) is 2.58. The summed E-state index contributed by atoms with van der Waals surface area (Å²) in [6.45, 7) is 8.82. The summed E-state index contributed by atoms with van der Waals surface area (Å²) in [5.41, 5.74) is 0.902. The molecule has 15 heavy (non-hydrogen) atoms. The van der Waals surface area contributed by atoms with E-state index in [4.69, 9.17) is 5.84 Å². The van der Waals surface area contributed by atoms with E-state index in [2.05, 4.69) is 42.3 Å². The summed E-state index contributed by atoms with van der Waals surface area (Å²) in [5, 5.41) is 3.75. The van der Waals surface area contributed by atoms with E-state index in [0.29, 0.717) is 6.04 Å². The number of nitrogens with two attached hydrogens (primary N) is 1. The van der Waals surface area contributed by atoms with E-state index in [-0.39, 0.29) is 5.41 Å². The van der Waals surface area contributed by atoms with Gasteiger partial charge in [-0.15, -0.1) is 0 Å². The molecule has 0 bridgehead atoms. The highest BCUT2D eigenvalue weighted by Crippen LogP contribution is 2.31. The van der Waals surface area contributed by atoms with Crippen molar-refractivity contribution in [2.45, 2.75) is 40.2 Å². The van der Waals surface area contributed by atoms with Crippen LogP contribution < -0.4 is 11.3 Å². The number of nitrogens with zero attached hydrogens (tertiary/aromatic N) is 3. The van der Waals surface area contributed by atoms with Gasteiger partial charge in [0.05, 0.1) is 6.20 Å². The number of rotatable bonds is 2. The molecule has 1 aromatic rings. The summed E-state index contributed by atoms with van der Waals surface area (Å²) in [6, 6.07) is 0.378. The van der Waals surface area contributed by atoms with Crippen LogP contribution in [0.25, 0.3) is 0 Å². The Balaban J connectivity index is 3.25. The molecule has 0 radical (unpaired) electrons. The SMILES string of the molecule is CCC(n1ccnc/c1=N/N)C(C)(C)C. The second-order valence-electron chi connectivity index (χ2n) is 4.76. The zero-order valence-electron chi connectivity index (χ0n) is 9.94. The second-order valence-corrected chi connectivity index (χ2v) is 4.76. The van der Waals surface area contributed by atoms with Gasteiger partial charge in [0.15, 0.2) is 5.49 Å². The fourth-order valence-corrected chi connectivity index (χ4v) is 1.95. The Labute approximate surface area is 90.8 Å². The molecule has 1 aromatic heterocycles. The quantitative estimate of drug-likeness (QED) is 0.593. The first-order chi connectivity index (χ1) is 7.00. The Hall–Kier alpha value is -1.32. The van der Waals surface area contributed by atoms with Gasteiger partial charge in [-0.3, -0.25) is 4.98 Å². The Bertz CT molecular complexity index is 373. The van der Waals surface area contributed by atoms with Gasteiger partial charge >= 0.3 is 0 Å². The van der Waals surface area contributed by atoms with Gasteiger partial charge in [0.25, 0.3) is 0 Å². The molecule has 1 heterocycles. The van der Waals surface area contributed by atoms with Crippen LogP contribution in [0.15, 0.2) is 23.7 Å². The van der Waals surface area contributed by atoms with Gasteiger partial charge in [-0.1, -0.05) is 27.7 Å². The summed E-state index contributed by atoms with van der Waals surface area (Å²) in [7, 11) is 0. The van der Waals surface area contributed by atoms with Gasteiger partial charge in [-0.2, -0.15) is 5.10 Å². The Morgan fingerprint density at radius 3 is 2.67 bits per heavy atom. The Morgan fingerprint density at radius 1 is 1.53 bits per heavy atom. The minimum Gasteiger partial charge on any atom is -0.325 e. The van der Waals surface area contributed by atoms with Crippen molar-refractivity contribution < 1.29 is 0 Å². The minimum absolute atomic E-state index is 0.181. The first kappa shape index (κ1) is 11.8. The number of hydrogen-bond donors (Lipinski definition) is 1. The van der Waals surface area contributed by atoms with E-state index in [1.807, 2.05) is 6.20 Å². The van der Waals surface area contributed by atoms with E-state index in [1.165, 1.54) is 0 Å². The largest absolute Gasteiger partial charge is 0.325 e. The molecule has 0 aliphatic carbocycles. The zero-order chi connectivity index (χ0) is 11.5. The molecule has 0 amide bonds. The zero-order valence-corrected chi connectivity index (χ0v) is 9.94. The topological polar surface area (TPSA) is 56.2 Å². The predicted molar refractivity (Wildman–Crippen MR) is 60.8 cm³/mol. The van der Waals surface area contributed by atoms with Gasteiger partial charge in [-0.05, 0) is 11.8 Å². The molecule has 4 nitrogen and oxygen atoms in total. The maximum absolute atomic E-state index is 5.35. The lowest BCUT2D eigenvalue weighted by Crippen LogP contribution is -2.33. The third-order valence-electron chi connectivity index (χ3n) is 2.62. The van der Waals surface area contributed by atoms with Crippen LogP contribution in [0.5, 0.6) is 0 Å². The van der Waals surface area contributed by atoms with E-state index in [9.17, 15) is 0 Å². The summed E-state index contributed by atoms with van der Waals surface area (Å²) in [6.07, 6.45) is 6.43. The highest BCUT2D eigenvalue weighted by atomic mass is 15.2. The van der Waals surface area contributed by atoms with Crippen molar-refractivity contribution in [2.75, 3.05) is 0 Å². The van der Waals surface area contributed by atoms with E-state index < -0.39 is 0 Å². The lowest BCUT2D eigenvalue weighted by Gasteiger charge is -2.31. The summed E-state index contributed by atoms with van der Waals surface area (Å²) in [5.74, 6) is 5.35. The van der Waals surface area contributed by atoms with Crippen molar-refractivity contribution >= 4 is 0 Å². The summed E-state index contributed by atoms with van der Waals surface area (Å²) >= 11 is 0. The molecular weight excluding hydrogens is 188 g/mol. The molecule has 0 saturated carbocycles. The molecule has 0 aromatic carbocycles. The first-order valence-corrected chi connectivity index (χ1v) is 5.26. The van der Waals surface area contributed by atoms with Crippen LogP contribution in [0.3, 0.4) is 0 Å². The van der Waals surface area contributed by atoms with E-state index in [0.717, 1.165) is 11.9 Å². The molecule has 84 valence electrons. The summed E-state index contributed by atoms with van der Waals surface area (Å²) in [4.78, 5) is 4.02. The first-order valence-electron chi connectivity index (χ1n) is 5.26. The third-order valence-corrected chi connectivity index (χ3v) is 2.62. The van der Waals surface area contributed by atoms with Crippen molar-refractivity contribution in [1.29, 1.82) is 0 Å². The average molecular weight is 208 g/mol. The van der Waals surface area contributed by atoms with Gasteiger partial charge in [0.1, 0.15) is 0 Å².